The van der Waals surface area contributed by atoms with Crippen LogP contribution >= 0.6 is 0 Å². The number of carbonyl (C=O) groups is 2. The van der Waals surface area contributed by atoms with Crippen LogP contribution in [0.5, 0.6) is 0 Å². The Kier molecular flexibility index (Phi) is 5.25. The molecule has 0 aliphatic carbocycles. The number of amides is 2. The molecule has 0 saturated carbocycles. The Balaban J connectivity index is 1.58. The number of allylic oxidation sites excluding steroid dienone is 1. The summed E-state index contributed by atoms with van der Waals surface area (Å²) >= 11 is 0. The molecule has 2 saturated heterocycles. The maximum atomic E-state index is 13.7. The predicted molar refractivity (Wildman–Crippen MR) is 122 cm³/mol. The summed E-state index contributed by atoms with van der Waals surface area (Å²) in [5.41, 5.74) is 2.03. The van der Waals surface area contributed by atoms with E-state index >= 15 is 0 Å². The Morgan fingerprint density at radius 3 is 2.16 bits per heavy atom. The Hall–Kier alpha value is -3.12. The van der Waals surface area contributed by atoms with E-state index in [1.54, 1.807) is 17.2 Å². The van der Waals surface area contributed by atoms with Gasteiger partial charge in [-0.15, -0.1) is 0 Å². The zero-order valence-electron chi connectivity index (χ0n) is 18.4. The van der Waals surface area contributed by atoms with E-state index < -0.39 is 23.7 Å². The maximum absolute atomic E-state index is 13.7. The second kappa shape index (κ2) is 8.10. The third-order valence-corrected chi connectivity index (χ3v) is 7.06. The number of hydrogen-bond donors (Lipinski definition) is 0. The van der Waals surface area contributed by atoms with Gasteiger partial charge in [0.1, 0.15) is 17.6 Å². The van der Waals surface area contributed by atoms with E-state index in [0.29, 0.717) is 12.1 Å². The highest BCUT2D eigenvalue weighted by atomic mass is 16.7. The van der Waals surface area contributed by atoms with Crippen molar-refractivity contribution in [2.24, 2.45) is 5.92 Å². The molecule has 3 aliphatic heterocycles. The second-order valence-electron chi connectivity index (χ2n) is 8.67. The standard InChI is InChI=1S/C26H28N2O4/c1-3-18-15-16-26(4-2,31-17-18)23-21-22(32-28(23)20-13-9-6-10-14-20)25(30)27(24(21)29)19-11-7-5-8-12-19/h5-14,17,21-23H,3-4,15-16H2,1-2H3/t21-,22+,23+,26+/m0/s1. The van der Waals surface area contributed by atoms with Gasteiger partial charge in [0.25, 0.3) is 5.91 Å². The van der Waals surface area contributed by atoms with Gasteiger partial charge in [0, 0.05) is 0 Å². The summed E-state index contributed by atoms with van der Waals surface area (Å²) in [6.07, 6.45) is 4.32. The highest BCUT2D eigenvalue weighted by molar-refractivity contribution is 6.24. The Labute approximate surface area is 188 Å². The van der Waals surface area contributed by atoms with Gasteiger partial charge < -0.3 is 4.74 Å². The zero-order chi connectivity index (χ0) is 22.3. The van der Waals surface area contributed by atoms with E-state index in [2.05, 4.69) is 13.8 Å². The van der Waals surface area contributed by atoms with Crippen LogP contribution in [0.3, 0.4) is 0 Å². The Bertz CT molecular complexity index is 1040. The minimum atomic E-state index is -0.864. The van der Waals surface area contributed by atoms with E-state index in [9.17, 15) is 9.59 Å². The largest absolute Gasteiger partial charge is 0.493 e. The third kappa shape index (κ3) is 3.13. The smallest absolute Gasteiger partial charge is 0.266 e. The van der Waals surface area contributed by atoms with Gasteiger partial charge in [-0.1, -0.05) is 50.2 Å². The molecular weight excluding hydrogens is 404 g/mol. The van der Waals surface area contributed by atoms with Gasteiger partial charge in [-0.05, 0) is 55.5 Å². The summed E-state index contributed by atoms with van der Waals surface area (Å²) in [5.74, 6) is -1.18. The molecule has 6 heteroatoms. The number of hydrogen-bond acceptors (Lipinski definition) is 5. The summed E-state index contributed by atoms with van der Waals surface area (Å²) in [6.45, 7) is 4.20. The molecule has 6 nitrogen and oxygen atoms in total. The molecule has 5 rings (SSSR count). The topological polar surface area (TPSA) is 59.1 Å². The molecule has 0 bridgehead atoms. The molecule has 0 unspecified atom stereocenters. The Morgan fingerprint density at radius 1 is 0.938 bits per heavy atom. The molecule has 2 aromatic rings. The molecule has 3 heterocycles. The first-order valence-corrected chi connectivity index (χ1v) is 11.4. The normalized spacial score (nSPS) is 29.7. The van der Waals surface area contributed by atoms with Crippen LogP contribution in [0.15, 0.2) is 72.5 Å². The number of anilines is 2. The summed E-state index contributed by atoms with van der Waals surface area (Å²) in [4.78, 5) is 34.7. The van der Waals surface area contributed by atoms with Crippen molar-refractivity contribution >= 4 is 23.2 Å². The minimum Gasteiger partial charge on any atom is -0.493 e. The highest BCUT2D eigenvalue weighted by Gasteiger charge is 2.65. The SMILES string of the molecule is CCC1=CO[C@@](CC)([C@H]2[C@H]3C(=O)N(c4ccccc4)C(=O)[C@@H]3ON2c2ccccc2)CC1. The van der Waals surface area contributed by atoms with Crippen LogP contribution in [0.4, 0.5) is 11.4 Å². The van der Waals surface area contributed by atoms with Gasteiger partial charge >= 0.3 is 0 Å². The summed E-state index contributed by atoms with van der Waals surface area (Å²) in [7, 11) is 0. The van der Waals surface area contributed by atoms with Crippen LogP contribution < -0.4 is 9.96 Å². The number of hydroxylamine groups is 1. The third-order valence-electron chi connectivity index (χ3n) is 7.06. The van der Waals surface area contributed by atoms with Crippen molar-refractivity contribution in [1.29, 1.82) is 0 Å². The molecular formula is C26H28N2O4. The first-order valence-electron chi connectivity index (χ1n) is 11.4. The molecule has 2 aromatic carbocycles. The van der Waals surface area contributed by atoms with Crippen LogP contribution in [-0.4, -0.2) is 29.6 Å². The average molecular weight is 433 g/mol. The van der Waals surface area contributed by atoms with Crippen LogP contribution in [-0.2, 0) is 19.2 Å². The summed E-state index contributed by atoms with van der Waals surface area (Å²) in [6, 6.07) is 18.3. The molecule has 0 radical (unpaired) electrons. The van der Waals surface area contributed by atoms with E-state index in [4.69, 9.17) is 9.57 Å². The zero-order valence-corrected chi connectivity index (χ0v) is 18.4. The molecule has 3 aliphatic rings. The number of benzene rings is 2. The van der Waals surface area contributed by atoms with Crippen molar-refractivity contribution in [3.05, 3.63) is 72.5 Å². The van der Waals surface area contributed by atoms with E-state index in [1.807, 2.05) is 54.8 Å². The van der Waals surface area contributed by atoms with Crippen molar-refractivity contribution < 1.29 is 19.2 Å². The van der Waals surface area contributed by atoms with Crippen LogP contribution in [0.1, 0.15) is 39.5 Å². The molecule has 0 N–H and O–H groups in total. The highest BCUT2D eigenvalue weighted by Crippen LogP contribution is 2.48. The number of imide groups is 1. The molecule has 0 aromatic heterocycles. The second-order valence-corrected chi connectivity index (χ2v) is 8.67. The fourth-order valence-corrected chi connectivity index (χ4v) is 5.22. The van der Waals surface area contributed by atoms with Crippen LogP contribution in [0.25, 0.3) is 0 Å². The fraction of sp³-hybridized carbons (Fsp3) is 0.385. The lowest BCUT2D eigenvalue weighted by molar-refractivity contribution is -0.127. The molecule has 32 heavy (non-hydrogen) atoms. The van der Waals surface area contributed by atoms with Gasteiger partial charge in [0.15, 0.2) is 6.10 Å². The van der Waals surface area contributed by atoms with E-state index in [0.717, 1.165) is 24.9 Å². The summed E-state index contributed by atoms with van der Waals surface area (Å²) < 4.78 is 6.42. The van der Waals surface area contributed by atoms with Crippen LogP contribution in [0.2, 0.25) is 0 Å². The fourth-order valence-electron chi connectivity index (χ4n) is 5.22. The number of rotatable bonds is 5. The average Bonchev–Trinajstić information content (AvgIpc) is 3.36. The van der Waals surface area contributed by atoms with Crippen LogP contribution in [0, 0.1) is 5.92 Å². The molecule has 166 valence electrons. The van der Waals surface area contributed by atoms with Crippen molar-refractivity contribution in [2.75, 3.05) is 9.96 Å². The lowest BCUT2D eigenvalue weighted by Crippen LogP contribution is -2.56. The maximum Gasteiger partial charge on any atom is 0.266 e. The molecule has 0 spiro atoms. The van der Waals surface area contributed by atoms with Gasteiger partial charge in [0.05, 0.1) is 17.6 Å². The van der Waals surface area contributed by atoms with Gasteiger partial charge in [-0.25, -0.2) is 9.96 Å². The summed E-state index contributed by atoms with van der Waals surface area (Å²) in [5, 5.41) is 1.77. The number of ether oxygens (including phenoxy) is 1. The van der Waals surface area contributed by atoms with Gasteiger partial charge in [-0.2, -0.15) is 0 Å². The number of para-hydroxylation sites is 2. The van der Waals surface area contributed by atoms with Crippen molar-refractivity contribution in [1.82, 2.24) is 0 Å². The number of nitrogens with zero attached hydrogens (tertiary/aromatic N) is 2. The quantitative estimate of drug-likeness (QED) is 0.646. The molecule has 2 amide bonds. The Morgan fingerprint density at radius 2 is 1.59 bits per heavy atom. The first kappa shape index (κ1) is 20.8. The number of fused-ring (bicyclic) bond motifs is 1. The van der Waals surface area contributed by atoms with Crippen molar-refractivity contribution in [2.45, 2.75) is 57.3 Å². The van der Waals surface area contributed by atoms with Crippen molar-refractivity contribution in [3.8, 4) is 0 Å². The molecule has 2 fully saturated rings. The van der Waals surface area contributed by atoms with E-state index in [1.165, 1.54) is 10.5 Å². The van der Waals surface area contributed by atoms with Crippen molar-refractivity contribution in [3.63, 3.8) is 0 Å². The van der Waals surface area contributed by atoms with Gasteiger partial charge in [0.2, 0.25) is 5.91 Å². The van der Waals surface area contributed by atoms with Gasteiger partial charge in [-0.3, -0.25) is 14.4 Å². The number of carbonyl (C=O) groups excluding carboxylic acids is 2. The predicted octanol–water partition coefficient (Wildman–Crippen LogP) is 4.62. The minimum absolute atomic E-state index is 0.226. The lowest BCUT2D eigenvalue weighted by atomic mass is 9.76. The first-order chi connectivity index (χ1) is 15.6. The lowest BCUT2D eigenvalue weighted by Gasteiger charge is -2.45. The molecule has 4 atom stereocenters. The van der Waals surface area contributed by atoms with E-state index in [-0.39, 0.29) is 11.8 Å². The monoisotopic (exact) mass is 432 g/mol.